The van der Waals surface area contributed by atoms with Crippen molar-refractivity contribution in [2.24, 2.45) is 17.8 Å². The zero-order valence-corrected chi connectivity index (χ0v) is 12.3. The molecule has 2 saturated heterocycles. The van der Waals surface area contributed by atoms with Crippen LogP contribution in [0.15, 0.2) is 0 Å². The molecule has 0 unspecified atom stereocenters. The zero-order valence-electron chi connectivity index (χ0n) is 11.4. The van der Waals surface area contributed by atoms with Crippen molar-refractivity contribution in [2.45, 2.75) is 26.7 Å². The van der Waals surface area contributed by atoms with E-state index in [4.69, 9.17) is 5.11 Å². The van der Waals surface area contributed by atoms with Crippen LogP contribution in [0.3, 0.4) is 0 Å². The molecule has 0 aromatic heterocycles. The minimum absolute atomic E-state index is 0.102. The number of carbonyl (C=O) groups is 1. The number of carboxylic acid groups (broad SMARTS) is 1. The van der Waals surface area contributed by atoms with E-state index in [0.29, 0.717) is 25.6 Å². The lowest BCUT2D eigenvalue weighted by molar-refractivity contribution is -0.142. The SMILES string of the molecule is CC1CCN(S(=O)(=O)N2C[C@@H](C)[C@H](C(=O)O)C2)CC1. The summed E-state index contributed by atoms with van der Waals surface area (Å²) in [6.07, 6.45) is 1.76. The highest BCUT2D eigenvalue weighted by atomic mass is 32.2. The third-order valence-electron chi connectivity index (χ3n) is 4.29. The highest BCUT2D eigenvalue weighted by molar-refractivity contribution is 7.86. The first kappa shape index (κ1) is 14.7. The molecule has 2 aliphatic heterocycles. The average molecular weight is 290 g/mol. The van der Waals surface area contributed by atoms with Crippen LogP contribution in [-0.4, -0.2) is 54.3 Å². The number of nitrogens with zero attached hydrogens (tertiary/aromatic N) is 2. The maximum atomic E-state index is 12.5. The van der Waals surface area contributed by atoms with Gasteiger partial charge in [-0.1, -0.05) is 13.8 Å². The van der Waals surface area contributed by atoms with Gasteiger partial charge in [0.1, 0.15) is 0 Å². The lowest BCUT2D eigenvalue weighted by atomic mass is 9.99. The fourth-order valence-corrected chi connectivity index (χ4v) is 4.58. The minimum Gasteiger partial charge on any atom is -0.481 e. The molecule has 6 nitrogen and oxygen atoms in total. The van der Waals surface area contributed by atoms with Crippen LogP contribution in [0.4, 0.5) is 0 Å². The number of hydrogen-bond acceptors (Lipinski definition) is 3. The van der Waals surface area contributed by atoms with Crippen LogP contribution < -0.4 is 0 Å². The minimum atomic E-state index is -3.48. The van der Waals surface area contributed by atoms with Crippen molar-refractivity contribution >= 4 is 16.2 Å². The molecule has 0 radical (unpaired) electrons. The van der Waals surface area contributed by atoms with Crippen LogP contribution in [-0.2, 0) is 15.0 Å². The molecule has 19 heavy (non-hydrogen) atoms. The summed E-state index contributed by atoms with van der Waals surface area (Å²) in [5, 5.41) is 9.08. The van der Waals surface area contributed by atoms with E-state index in [1.165, 1.54) is 8.61 Å². The number of hydrogen-bond donors (Lipinski definition) is 1. The van der Waals surface area contributed by atoms with Gasteiger partial charge in [0.15, 0.2) is 0 Å². The Balaban J connectivity index is 2.07. The molecule has 0 bridgehead atoms. The first-order valence-corrected chi connectivity index (χ1v) is 8.20. The number of aliphatic carboxylic acids is 1. The van der Waals surface area contributed by atoms with Crippen LogP contribution in [0, 0.1) is 17.8 Å². The van der Waals surface area contributed by atoms with Gasteiger partial charge >= 0.3 is 5.97 Å². The maximum Gasteiger partial charge on any atom is 0.308 e. The summed E-state index contributed by atoms with van der Waals surface area (Å²) in [5.41, 5.74) is 0. The number of rotatable bonds is 3. The zero-order chi connectivity index (χ0) is 14.2. The quantitative estimate of drug-likeness (QED) is 0.826. The molecule has 0 aromatic carbocycles. The normalized spacial score (nSPS) is 31.7. The van der Waals surface area contributed by atoms with Crippen molar-refractivity contribution in [3.63, 3.8) is 0 Å². The smallest absolute Gasteiger partial charge is 0.308 e. The molecule has 0 amide bonds. The lowest BCUT2D eigenvalue weighted by Crippen LogP contribution is -2.46. The molecule has 0 spiro atoms. The molecule has 110 valence electrons. The predicted molar refractivity (Wildman–Crippen MR) is 70.8 cm³/mol. The molecule has 2 fully saturated rings. The van der Waals surface area contributed by atoms with Gasteiger partial charge < -0.3 is 5.11 Å². The van der Waals surface area contributed by atoms with E-state index in [9.17, 15) is 13.2 Å². The van der Waals surface area contributed by atoms with E-state index in [2.05, 4.69) is 6.92 Å². The number of piperidine rings is 1. The fourth-order valence-electron chi connectivity index (χ4n) is 2.81. The molecule has 0 aromatic rings. The topological polar surface area (TPSA) is 77.9 Å². The summed E-state index contributed by atoms with van der Waals surface area (Å²) >= 11 is 0. The average Bonchev–Trinajstić information content (AvgIpc) is 2.72. The van der Waals surface area contributed by atoms with Crippen LogP contribution >= 0.6 is 0 Å². The standard InChI is InChI=1S/C12H22N2O4S/c1-9-3-5-13(6-4-9)19(17,18)14-7-10(2)11(8-14)12(15)16/h9-11H,3-8H2,1-2H3,(H,15,16)/t10-,11-/m1/s1. The van der Waals surface area contributed by atoms with E-state index < -0.39 is 22.1 Å². The van der Waals surface area contributed by atoms with Gasteiger partial charge in [0, 0.05) is 26.2 Å². The highest BCUT2D eigenvalue weighted by Gasteiger charge is 2.42. The Bertz CT molecular complexity index is 443. The van der Waals surface area contributed by atoms with Crippen molar-refractivity contribution in [3.05, 3.63) is 0 Å². The molecule has 7 heteroatoms. The largest absolute Gasteiger partial charge is 0.481 e. The van der Waals surface area contributed by atoms with Crippen LogP contribution in [0.5, 0.6) is 0 Å². The molecule has 0 aliphatic carbocycles. The van der Waals surface area contributed by atoms with Gasteiger partial charge in [-0.05, 0) is 24.7 Å². The highest BCUT2D eigenvalue weighted by Crippen LogP contribution is 2.28. The van der Waals surface area contributed by atoms with Crippen molar-refractivity contribution in [3.8, 4) is 0 Å². The maximum absolute atomic E-state index is 12.5. The van der Waals surface area contributed by atoms with Gasteiger partial charge in [-0.15, -0.1) is 0 Å². The summed E-state index contributed by atoms with van der Waals surface area (Å²) in [6, 6.07) is 0. The Morgan fingerprint density at radius 2 is 1.68 bits per heavy atom. The van der Waals surface area contributed by atoms with Crippen LogP contribution in [0.25, 0.3) is 0 Å². The van der Waals surface area contributed by atoms with Crippen molar-refractivity contribution < 1.29 is 18.3 Å². The molecule has 2 heterocycles. The van der Waals surface area contributed by atoms with Gasteiger partial charge in [0.05, 0.1) is 5.92 Å². The Kier molecular flexibility index (Phi) is 4.17. The summed E-state index contributed by atoms with van der Waals surface area (Å²) in [7, 11) is -3.48. The Morgan fingerprint density at radius 3 is 2.16 bits per heavy atom. The van der Waals surface area contributed by atoms with Gasteiger partial charge in [0.2, 0.25) is 0 Å². The fraction of sp³-hybridized carbons (Fsp3) is 0.917. The molecule has 2 atom stereocenters. The first-order chi connectivity index (χ1) is 8.82. The Labute approximate surface area is 114 Å². The van der Waals surface area contributed by atoms with Gasteiger partial charge in [-0.25, -0.2) is 0 Å². The van der Waals surface area contributed by atoms with E-state index in [0.717, 1.165) is 12.8 Å². The molecule has 2 aliphatic rings. The summed E-state index contributed by atoms with van der Waals surface area (Å²) in [4.78, 5) is 11.1. The van der Waals surface area contributed by atoms with Gasteiger partial charge in [-0.2, -0.15) is 17.0 Å². The second-order valence-electron chi connectivity index (χ2n) is 5.83. The summed E-state index contributed by atoms with van der Waals surface area (Å²) in [5.74, 6) is -1.05. The van der Waals surface area contributed by atoms with Gasteiger partial charge in [-0.3, -0.25) is 4.79 Å². The van der Waals surface area contributed by atoms with Crippen LogP contribution in [0.1, 0.15) is 26.7 Å². The molecule has 1 N–H and O–H groups in total. The Morgan fingerprint density at radius 1 is 1.11 bits per heavy atom. The second-order valence-corrected chi connectivity index (χ2v) is 7.76. The molecule has 0 saturated carbocycles. The molecule has 2 rings (SSSR count). The first-order valence-electron chi connectivity index (χ1n) is 6.80. The van der Waals surface area contributed by atoms with E-state index >= 15 is 0 Å². The lowest BCUT2D eigenvalue weighted by Gasteiger charge is -2.32. The predicted octanol–water partition coefficient (Wildman–Crippen LogP) is 0.616. The van der Waals surface area contributed by atoms with Gasteiger partial charge in [0.25, 0.3) is 10.2 Å². The summed E-state index contributed by atoms with van der Waals surface area (Å²) < 4.78 is 27.8. The molecular formula is C12H22N2O4S. The third kappa shape index (κ3) is 2.93. The van der Waals surface area contributed by atoms with Crippen molar-refractivity contribution in [1.29, 1.82) is 0 Å². The Hall–Kier alpha value is -0.660. The number of carboxylic acids is 1. The van der Waals surface area contributed by atoms with Crippen molar-refractivity contribution in [2.75, 3.05) is 26.2 Å². The van der Waals surface area contributed by atoms with E-state index in [1.54, 1.807) is 6.92 Å². The van der Waals surface area contributed by atoms with E-state index in [1.807, 2.05) is 0 Å². The summed E-state index contributed by atoms with van der Waals surface area (Å²) in [6.45, 7) is 5.43. The van der Waals surface area contributed by atoms with Crippen LogP contribution in [0.2, 0.25) is 0 Å². The second kappa shape index (κ2) is 5.38. The van der Waals surface area contributed by atoms with E-state index in [-0.39, 0.29) is 12.5 Å². The third-order valence-corrected chi connectivity index (χ3v) is 6.26. The van der Waals surface area contributed by atoms with Crippen molar-refractivity contribution in [1.82, 2.24) is 8.61 Å². The molecular weight excluding hydrogens is 268 g/mol. The monoisotopic (exact) mass is 290 g/mol.